The number of carbonyl (C=O) groups excluding carboxylic acids is 1. The zero-order chi connectivity index (χ0) is 19.0. The van der Waals surface area contributed by atoms with Crippen LogP contribution in [-0.2, 0) is 11.2 Å². The summed E-state index contributed by atoms with van der Waals surface area (Å²) in [6, 6.07) is 2.57. The van der Waals surface area contributed by atoms with Gasteiger partial charge in [-0.2, -0.15) is 4.57 Å². The number of nitrogens with one attached hydrogen (secondary N) is 1. The highest BCUT2D eigenvalue weighted by Crippen LogP contribution is 2.35. The van der Waals surface area contributed by atoms with Crippen LogP contribution in [0.25, 0.3) is 16.5 Å². The lowest BCUT2D eigenvalue weighted by atomic mass is 10.0. The Labute approximate surface area is 168 Å². The second-order valence-corrected chi connectivity index (χ2v) is 7.42. The van der Waals surface area contributed by atoms with Crippen LogP contribution < -0.4 is 4.57 Å². The molecular formula is C22H32ClN2O2+. The maximum Gasteiger partial charge on any atom is 0.355 e. The number of H-pyrrole nitrogens is 1. The molecule has 1 unspecified atom stereocenters. The highest BCUT2D eigenvalue weighted by Gasteiger charge is 2.36. The van der Waals surface area contributed by atoms with Crippen LogP contribution in [0.1, 0.15) is 87.4 Å². The molecule has 148 valence electrons. The zero-order valence-electron chi connectivity index (χ0n) is 17.4. The fourth-order valence-electron chi connectivity index (χ4n) is 4.21. The molecule has 0 saturated carbocycles. The maximum atomic E-state index is 12.4. The van der Waals surface area contributed by atoms with E-state index in [1.165, 1.54) is 47.2 Å². The molecule has 2 aromatic rings. The summed E-state index contributed by atoms with van der Waals surface area (Å²) in [6.07, 6.45) is 4.62. The van der Waals surface area contributed by atoms with E-state index in [4.69, 9.17) is 4.74 Å². The van der Waals surface area contributed by atoms with Crippen LogP contribution >= 0.6 is 12.4 Å². The van der Waals surface area contributed by atoms with E-state index in [0.29, 0.717) is 18.3 Å². The van der Waals surface area contributed by atoms with E-state index >= 15 is 0 Å². The Bertz CT molecular complexity index is 896. The van der Waals surface area contributed by atoms with Crippen molar-refractivity contribution in [3.8, 4) is 0 Å². The number of unbranched alkanes of at least 4 members (excludes halogenated alkanes) is 2. The average molecular weight is 392 g/mol. The average Bonchev–Trinajstić information content (AvgIpc) is 3.06. The van der Waals surface area contributed by atoms with Crippen LogP contribution in [0, 0.1) is 6.92 Å². The van der Waals surface area contributed by atoms with Crippen molar-refractivity contribution in [1.29, 1.82) is 0 Å². The number of aromatic nitrogens is 2. The lowest BCUT2D eigenvalue weighted by Crippen LogP contribution is -2.42. The van der Waals surface area contributed by atoms with Gasteiger partial charge in [0.1, 0.15) is 5.69 Å². The third kappa shape index (κ3) is 3.52. The molecule has 3 heterocycles. The van der Waals surface area contributed by atoms with Gasteiger partial charge in [0.2, 0.25) is 5.69 Å². The monoisotopic (exact) mass is 391 g/mol. The molecule has 0 saturated heterocycles. The second kappa shape index (κ2) is 8.47. The first kappa shape index (κ1) is 21.5. The molecule has 1 aliphatic heterocycles. The molecule has 0 spiro atoms. The Kier molecular flexibility index (Phi) is 6.74. The Hall–Kier alpha value is -1.81. The van der Waals surface area contributed by atoms with Crippen molar-refractivity contribution in [2.75, 3.05) is 6.61 Å². The molecule has 1 atom stereocenters. The highest BCUT2D eigenvalue weighted by molar-refractivity contribution is 5.99. The molecule has 0 radical (unpaired) electrons. The van der Waals surface area contributed by atoms with Crippen LogP contribution in [-0.4, -0.2) is 17.6 Å². The Balaban J connectivity index is 0.00000261. The van der Waals surface area contributed by atoms with Crippen molar-refractivity contribution >= 4 is 34.9 Å². The zero-order valence-corrected chi connectivity index (χ0v) is 18.2. The molecule has 4 nitrogen and oxygen atoms in total. The number of allylic oxidation sites excluding steroid dienone is 2. The van der Waals surface area contributed by atoms with Crippen molar-refractivity contribution in [3.05, 3.63) is 34.3 Å². The Morgan fingerprint density at radius 2 is 1.93 bits per heavy atom. The molecule has 0 aliphatic carbocycles. The van der Waals surface area contributed by atoms with Crippen molar-refractivity contribution < 1.29 is 14.1 Å². The van der Waals surface area contributed by atoms with Gasteiger partial charge < -0.3 is 9.72 Å². The number of rotatable bonds is 6. The van der Waals surface area contributed by atoms with E-state index in [9.17, 15) is 4.79 Å². The third-order valence-corrected chi connectivity index (χ3v) is 5.89. The number of halogens is 1. The van der Waals surface area contributed by atoms with E-state index in [1.807, 2.05) is 13.8 Å². The van der Waals surface area contributed by atoms with Gasteiger partial charge >= 0.3 is 5.97 Å². The van der Waals surface area contributed by atoms with Crippen molar-refractivity contribution in [3.63, 3.8) is 0 Å². The number of ether oxygens (including phenoxy) is 1. The SMILES string of the molecule is CCCCCc1c2c(C)c(C(=O)OCC)[nH]c2cc2[n+]1C(C)C(C)=C2C.Cl. The molecule has 5 heteroatoms. The Morgan fingerprint density at radius 1 is 1.22 bits per heavy atom. The number of fused-ring (bicyclic) bond motifs is 2. The lowest BCUT2D eigenvalue weighted by Gasteiger charge is -2.10. The van der Waals surface area contributed by atoms with Gasteiger partial charge in [0, 0.05) is 30.6 Å². The first-order valence-corrected chi connectivity index (χ1v) is 9.86. The van der Waals surface area contributed by atoms with Gasteiger partial charge in [0.15, 0.2) is 11.7 Å². The predicted octanol–water partition coefficient (Wildman–Crippen LogP) is 5.46. The van der Waals surface area contributed by atoms with Gasteiger partial charge in [0.25, 0.3) is 0 Å². The number of nitrogens with zero attached hydrogens (tertiary/aromatic N) is 1. The summed E-state index contributed by atoms with van der Waals surface area (Å²) in [6.45, 7) is 13.2. The van der Waals surface area contributed by atoms with E-state index in [2.05, 4.69) is 43.3 Å². The van der Waals surface area contributed by atoms with Crippen molar-refractivity contribution in [2.45, 2.75) is 73.3 Å². The van der Waals surface area contributed by atoms with Crippen molar-refractivity contribution in [1.82, 2.24) is 4.98 Å². The minimum atomic E-state index is -0.262. The molecular weight excluding hydrogens is 360 g/mol. The van der Waals surface area contributed by atoms with E-state index in [0.717, 1.165) is 17.5 Å². The molecule has 1 aliphatic rings. The van der Waals surface area contributed by atoms with Crippen LogP contribution in [0.5, 0.6) is 0 Å². The van der Waals surface area contributed by atoms with E-state index in [1.54, 1.807) is 0 Å². The van der Waals surface area contributed by atoms with Gasteiger partial charge in [-0.05, 0) is 39.7 Å². The molecule has 2 aromatic heterocycles. The minimum Gasteiger partial charge on any atom is -0.461 e. The summed E-state index contributed by atoms with van der Waals surface area (Å²) in [4.78, 5) is 15.7. The highest BCUT2D eigenvalue weighted by atomic mass is 35.5. The van der Waals surface area contributed by atoms with Crippen LogP contribution in [0.2, 0.25) is 0 Å². The van der Waals surface area contributed by atoms with E-state index in [-0.39, 0.29) is 18.4 Å². The molecule has 3 rings (SSSR count). The summed E-state index contributed by atoms with van der Waals surface area (Å²) in [5.41, 5.74) is 8.04. The Morgan fingerprint density at radius 3 is 2.56 bits per heavy atom. The van der Waals surface area contributed by atoms with Gasteiger partial charge in [-0.1, -0.05) is 19.8 Å². The summed E-state index contributed by atoms with van der Waals surface area (Å²) in [5.74, 6) is -0.262. The summed E-state index contributed by atoms with van der Waals surface area (Å²) >= 11 is 0. The van der Waals surface area contributed by atoms with Crippen LogP contribution in [0.4, 0.5) is 0 Å². The van der Waals surface area contributed by atoms with Crippen molar-refractivity contribution in [2.24, 2.45) is 0 Å². The molecule has 27 heavy (non-hydrogen) atoms. The first-order valence-electron chi connectivity index (χ1n) is 9.86. The smallest absolute Gasteiger partial charge is 0.355 e. The maximum absolute atomic E-state index is 12.4. The fourth-order valence-corrected chi connectivity index (χ4v) is 4.21. The number of aromatic amines is 1. The van der Waals surface area contributed by atoms with Crippen LogP contribution in [0.3, 0.4) is 0 Å². The standard InChI is InChI=1S/C22H30N2O2.ClH/c1-7-9-10-11-18-20-15(5)21(22(25)26-8-2)23-17(20)12-19-14(4)13(3)16(6)24(18)19;/h12,16H,7-11H2,1-6H3;1H/p+1. The number of hydrogen-bond donors (Lipinski definition) is 1. The first-order chi connectivity index (χ1) is 12.4. The number of hydrogen-bond acceptors (Lipinski definition) is 2. The van der Waals surface area contributed by atoms with Gasteiger partial charge in [0.05, 0.1) is 17.5 Å². The number of esters is 1. The predicted molar refractivity (Wildman–Crippen MR) is 113 cm³/mol. The molecule has 0 bridgehead atoms. The van der Waals surface area contributed by atoms with Crippen LogP contribution in [0.15, 0.2) is 11.6 Å². The van der Waals surface area contributed by atoms with E-state index < -0.39 is 0 Å². The second-order valence-electron chi connectivity index (χ2n) is 7.42. The fraction of sp³-hybridized carbons (Fsp3) is 0.545. The lowest BCUT2D eigenvalue weighted by molar-refractivity contribution is -0.713. The topological polar surface area (TPSA) is 46.0 Å². The van der Waals surface area contributed by atoms with Gasteiger partial charge in [-0.15, -0.1) is 12.4 Å². The largest absolute Gasteiger partial charge is 0.461 e. The molecule has 1 N–H and O–H groups in total. The molecule has 0 aromatic carbocycles. The molecule has 0 fully saturated rings. The molecule has 0 amide bonds. The van der Waals surface area contributed by atoms with Gasteiger partial charge in [-0.3, -0.25) is 0 Å². The normalized spacial score (nSPS) is 15.9. The number of aryl methyl sites for hydroxylation is 2. The number of carbonyl (C=O) groups is 1. The quantitative estimate of drug-likeness (QED) is 0.403. The van der Waals surface area contributed by atoms with Gasteiger partial charge in [-0.25, -0.2) is 4.79 Å². The number of pyridine rings is 1. The third-order valence-electron chi connectivity index (χ3n) is 5.89. The minimum absolute atomic E-state index is 0. The summed E-state index contributed by atoms with van der Waals surface area (Å²) < 4.78 is 7.74. The summed E-state index contributed by atoms with van der Waals surface area (Å²) in [5, 5.41) is 1.20. The summed E-state index contributed by atoms with van der Waals surface area (Å²) in [7, 11) is 0.